The van der Waals surface area contributed by atoms with Crippen LogP contribution in [0.4, 0.5) is 0 Å². The van der Waals surface area contributed by atoms with Gasteiger partial charge in [0.25, 0.3) is 0 Å². The lowest BCUT2D eigenvalue weighted by atomic mass is 10.1. The van der Waals surface area contributed by atoms with E-state index in [4.69, 9.17) is 9.15 Å². The SMILES string of the molecule is CCOC1CCCN(C(C)c2ccc(C(=O)OC)o2)C1. The second-order valence-electron chi connectivity index (χ2n) is 5.08. The van der Waals surface area contributed by atoms with Crippen molar-refractivity contribution in [1.82, 2.24) is 4.90 Å². The van der Waals surface area contributed by atoms with E-state index in [1.165, 1.54) is 7.11 Å². The van der Waals surface area contributed by atoms with Crippen molar-refractivity contribution in [2.75, 3.05) is 26.8 Å². The first-order valence-corrected chi connectivity index (χ1v) is 7.19. The molecule has 0 spiro atoms. The summed E-state index contributed by atoms with van der Waals surface area (Å²) in [5.74, 6) is 0.615. The number of rotatable bonds is 5. The molecule has 0 amide bonds. The van der Waals surface area contributed by atoms with Crippen LogP contribution in [0.15, 0.2) is 16.5 Å². The van der Waals surface area contributed by atoms with Crippen LogP contribution in [0.25, 0.3) is 0 Å². The third kappa shape index (κ3) is 3.41. The Kier molecular flexibility index (Phi) is 5.20. The fourth-order valence-corrected chi connectivity index (χ4v) is 2.66. The number of likely N-dealkylation sites (tertiary alicyclic amines) is 1. The summed E-state index contributed by atoms with van der Waals surface area (Å²) in [6, 6.07) is 3.65. The zero-order valence-electron chi connectivity index (χ0n) is 12.4. The lowest BCUT2D eigenvalue weighted by molar-refractivity contribution is -0.00814. The molecule has 0 N–H and O–H groups in total. The molecule has 2 unspecified atom stereocenters. The van der Waals surface area contributed by atoms with E-state index in [0.717, 1.165) is 38.3 Å². The minimum absolute atomic E-state index is 0.136. The van der Waals surface area contributed by atoms with Gasteiger partial charge in [0.15, 0.2) is 0 Å². The Morgan fingerprint density at radius 2 is 2.35 bits per heavy atom. The van der Waals surface area contributed by atoms with Crippen molar-refractivity contribution in [3.63, 3.8) is 0 Å². The van der Waals surface area contributed by atoms with Crippen LogP contribution in [0.1, 0.15) is 49.0 Å². The summed E-state index contributed by atoms with van der Waals surface area (Å²) in [5, 5.41) is 0. The van der Waals surface area contributed by atoms with Gasteiger partial charge in [-0.25, -0.2) is 4.79 Å². The number of furan rings is 1. The van der Waals surface area contributed by atoms with Crippen molar-refractivity contribution in [3.8, 4) is 0 Å². The van der Waals surface area contributed by atoms with Gasteiger partial charge in [-0.15, -0.1) is 0 Å². The molecule has 5 heteroatoms. The van der Waals surface area contributed by atoms with Gasteiger partial charge in [0.1, 0.15) is 5.76 Å². The Labute approximate surface area is 119 Å². The first kappa shape index (κ1) is 15.1. The van der Waals surface area contributed by atoms with E-state index in [9.17, 15) is 4.79 Å². The van der Waals surface area contributed by atoms with Gasteiger partial charge in [-0.05, 0) is 45.4 Å². The topological polar surface area (TPSA) is 51.9 Å². The average Bonchev–Trinajstić information content (AvgIpc) is 2.96. The molecule has 2 rings (SSSR count). The smallest absolute Gasteiger partial charge is 0.373 e. The molecule has 0 aliphatic carbocycles. The molecule has 0 bridgehead atoms. The van der Waals surface area contributed by atoms with Crippen LogP contribution < -0.4 is 0 Å². The fraction of sp³-hybridized carbons (Fsp3) is 0.667. The highest BCUT2D eigenvalue weighted by atomic mass is 16.5. The van der Waals surface area contributed by atoms with Gasteiger partial charge in [-0.3, -0.25) is 4.90 Å². The van der Waals surface area contributed by atoms with Crippen molar-refractivity contribution in [2.24, 2.45) is 0 Å². The molecule has 1 aromatic heterocycles. The van der Waals surface area contributed by atoms with E-state index in [0.29, 0.717) is 6.10 Å². The standard InChI is InChI=1S/C15H23NO4/c1-4-19-12-6-5-9-16(10-12)11(2)13-7-8-14(20-13)15(17)18-3/h7-8,11-12H,4-6,9-10H2,1-3H3. The number of nitrogens with zero attached hydrogens (tertiary/aromatic N) is 1. The second kappa shape index (κ2) is 6.90. The molecule has 2 atom stereocenters. The van der Waals surface area contributed by atoms with E-state index >= 15 is 0 Å². The summed E-state index contributed by atoms with van der Waals surface area (Å²) in [7, 11) is 1.35. The number of hydrogen-bond donors (Lipinski definition) is 0. The Morgan fingerprint density at radius 1 is 1.55 bits per heavy atom. The van der Waals surface area contributed by atoms with Crippen LogP contribution in [0.5, 0.6) is 0 Å². The molecule has 0 saturated carbocycles. The maximum absolute atomic E-state index is 11.4. The van der Waals surface area contributed by atoms with Crippen molar-refractivity contribution in [2.45, 2.75) is 38.8 Å². The Balaban J connectivity index is 2.01. The summed E-state index contributed by atoms with van der Waals surface area (Å²) in [5.41, 5.74) is 0. The highest BCUT2D eigenvalue weighted by molar-refractivity contribution is 5.86. The molecule has 5 nitrogen and oxygen atoms in total. The lowest BCUT2D eigenvalue weighted by Crippen LogP contribution is -2.40. The van der Waals surface area contributed by atoms with Crippen molar-refractivity contribution in [1.29, 1.82) is 0 Å². The van der Waals surface area contributed by atoms with Gasteiger partial charge >= 0.3 is 5.97 Å². The monoisotopic (exact) mass is 281 g/mol. The zero-order valence-corrected chi connectivity index (χ0v) is 12.4. The van der Waals surface area contributed by atoms with Crippen molar-refractivity contribution in [3.05, 3.63) is 23.7 Å². The number of methoxy groups -OCH3 is 1. The molecule has 0 radical (unpaired) electrons. The van der Waals surface area contributed by atoms with E-state index in [1.807, 2.05) is 13.0 Å². The largest absolute Gasteiger partial charge is 0.463 e. The summed E-state index contributed by atoms with van der Waals surface area (Å²) < 4.78 is 16.0. The average molecular weight is 281 g/mol. The number of carbonyl (C=O) groups excluding carboxylic acids is 1. The fourth-order valence-electron chi connectivity index (χ4n) is 2.66. The maximum Gasteiger partial charge on any atom is 0.373 e. The highest BCUT2D eigenvalue weighted by Gasteiger charge is 2.26. The van der Waals surface area contributed by atoms with Gasteiger partial charge in [0.05, 0.1) is 19.3 Å². The lowest BCUT2D eigenvalue weighted by Gasteiger charge is -2.35. The summed E-state index contributed by atoms with van der Waals surface area (Å²) >= 11 is 0. The van der Waals surface area contributed by atoms with Gasteiger partial charge < -0.3 is 13.9 Å². The molecule has 112 valence electrons. The van der Waals surface area contributed by atoms with Gasteiger partial charge in [0.2, 0.25) is 5.76 Å². The first-order valence-electron chi connectivity index (χ1n) is 7.19. The predicted molar refractivity (Wildman–Crippen MR) is 74.7 cm³/mol. The molecular formula is C15H23NO4. The minimum atomic E-state index is -0.436. The van der Waals surface area contributed by atoms with Crippen molar-refractivity contribution < 1.29 is 18.7 Å². The number of ether oxygens (including phenoxy) is 2. The van der Waals surface area contributed by atoms with Crippen LogP contribution in [-0.2, 0) is 9.47 Å². The molecule has 1 fully saturated rings. The van der Waals surface area contributed by atoms with Gasteiger partial charge in [0, 0.05) is 13.2 Å². The Morgan fingerprint density at radius 3 is 3.05 bits per heavy atom. The first-order chi connectivity index (χ1) is 9.65. The Bertz CT molecular complexity index is 441. The second-order valence-corrected chi connectivity index (χ2v) is 5.08. The highest BCUT2D eigenvalue weighted by Crippen LogP contribution is 2.26. The van der Waals surface area contributed by atoms with Gasteiger partial charge in [-0.2, -0.15) is 0 Å². The third-order valence-corrected chi connectivity index (χ3v) is 3.78. The van der Waals surface area contributed by atoms with E-state index in [-0.39, 0.29) is 11.8 Å². The maximum atomic E-state index is 11.4. The summed E-state index contributed by atoms with van der Waals surface area (Å²) in [4.78, 5) is 13.8. The van der Waals surface area contributed by atoms with Crippen LogP contribution >= 0.6 is 0 Å². The van der Waals surface area contributed by atoms with E-state index in [2.05, 4.69) is 16.6 Å². The van der Waals surface area contributed by atoms with Crippen LogP contribution in [0.2, 0.25) is 0 Å². The minimum Gasteiger partial charge on any atom is -0.463 e. The van der Waals surface area contributed by atoms with E-state index < -0.39 is 5.97 Å². The number of carbonyl (C=O) groups is 1. The number of esters is 1. The molecule has 0 aromatic carbocycles. The van der Waals surface area contributed by atoms with Crippen LogP contribution in [0, 0.1) is 0 Å². The van der Waals surface area contributed by atoms with Crippen molar-refractivity contribution >= 4 is 5.97 Å². The number of hydrogen-bond acceptors (Lipinski definition) is 5. The molecule has 1 aromatic rings. The molecular weight excluding hydrogens is 258 g/mol. The zero-order chi connectivity index (χ0) is 14.5. The normalized spacial score (nSPS) is 21.6. The molecule has 1 saturated heterocycles. The predicted octanol–water partition coefficient (Wildman–Crippen LogP) is 2.63. The summed E-state index contributed by atoms with van der Waals surface area (Å²) in [6.07, 6.45) is 2.54. The Hall–Kier alpha value is -1.33. The molecule has 20 heavy (non-hydrogen) atoms. The number of piperidine rings is 1. The van der Waals surface area contributed by atoms with Gasteiger partial charge in [-0.1, -0.05) is 0 Å². The quantitative estimate of drug-likeness (QED) is 0.777. The molecule has 2 heterocycles. The van der Waals surface area contributed by atoms with Crippen LogP contribution in [0.3, 0.4) is 0 Å². The molecule has 1 aliphatic heterocycles. The molecule has 1 aliphatic rings. The van der Waals surface area contributed by atoms with Crippen LogP contribution in [-0.4, -0.2) is 43.8 Å². The van der Waals surface area contributed by atoms with E-state index in [1.54, 1.807) is 6.07 Å². The summed E-state index contributed by atoms with van der Waals surface area (Å²) in [6.45, 7) is 6.80. The third-order valence-electron chi connectivity index (χ3n) is 3.78.